The third-order valence-electron chi connectivity index (χ3n) is 3.17. The summed E-state index contributed by atoms with van der Waals surface area (Å²) >= 11 is 4.38. The summed E-state index contributed by atoms with van der Waals surface area (Å²) in [7, 11) is 0. The maximum atomic E-state index is 4.38. The molecule has 0 amide bonds. The van der Waals surface area contributed by atoms with Crippen molar-refractivity contribution in [3.8, 4) is 0 Å². The van der Waals surface area contributed by atoms with E-state index in [1.165, 1.54) is 18.4 Å². The van der Waals surface area contributed by atoms with Crippen LogP contribution in [0.1, 0.15) is 40.5 Å². The zero-order valence-electron chi connectivity index (χ0n) is 9.75. The van der Waals surface area contributed by atoms with Crippen LogP contribution in [0.25, 0.3) is 0 Å². The Bertz CT molecular complexity index is 246. The maximum absolute atomic E-state index is 4.38. The van der Waals surface area contributed by atoms with Gasteiger partial charge in [0.15, 0.2) is 0 Å². The van der Waals surface area contributed by atoms with Gasteiger partial charge in [-0.3, -0.25) is 0 Å². The lowest BCUT2D eigenvalue weighted by atomic mass is 9.68. The Kier molecular flexibility index (Phi) is 3.88. The second-order valence-electron chi connectivity index (χ2n) is 5.08. The Morgan fingerprint density at radius 3 is 2.71 bits per heavy atom. The summed E-state index contributed by atoms with van der Waals surface area (Å²) in [4.78, 5) is 0. The zero-order chi connectivity index (χ0) is 10.8. The highest BCUT2D eigenvalue weighted by atomic mass is 32.1. The first-order valence-corrected chi connectivity index (χ1v) is 5.98. The van der Waals surface area contributed by atoms with Crippen molar-refractivity contribution >= 4 is 12.6 Å². The molecule has 0 heterocycles. The largest absolute Gasteiger partial charge is 0.172 e. The first-order valence-electron chi connectivity index (χ1n) is 5.46. The van der Waals surface area contributed by atoms with Gasteiger partial charge in [0.2, 0.25) is 0 Å². The van der Waals surface area contributed by atoms with Crippen molar-refractivity contribution in [1.29, 1.82) is 0 Å². The van der Waals surface area contributed by atoms with E-state index in [1.807, 2.05) is 0 Å². The third-order valence-corrected chi connectivity index (χ3v) is 3.34. The molecule has 0 spiro atoms. The monoisotopic (exact) mass is 210 g/mol. The standard InChI is InChI=1S/C13H22S/c1-10-6-5-9-13(3,4)12(10)8-7-11(2)14/h6-8,11-12,14H,5,9H2,1-4H3. The van der Waals surface area contributed by atoms with Crippen LogP contribution >= 0.6 is 12.6 Å². The van der Waals surface area contributed by atoms with Crippen molar-refractivity contribution in [1.82, 2.24) is 0 Å². The van der Waals surface area contributed by atoms with Gasteiger partial charge in [-0.1, -0.05) is 44.6 Å². The van der Waals surface area contributed by atoms with Gasteiger partial charge in [-0.2, -0.15) is 12.6 Å². The van der Waals surface area contributed by atoms with Crippen LogP contribution in [0.5, 0.6) is 0 Å². The molecule has 1 aliphatic rings. The molecule has 0 aromatic carbocycles. The van der Waals surface area contributed by atoms with Gasteiger partial charge in [0.1, 0.15) is 0 Å². The minimum Gasteiger partial charge on any atom is -0.172 e. The molecule has 0 fully saturated rings. The molecular formula is C13H22S. The summed E-state index contributed by atoms with van der Waals surface area (Å²) in [6, 6.07) is 0. The highest BCUT2D eigenvalue weighted by Gasteiger charge is 2.30. The Labute approximate surface area is 93.9 Å². The van der Waals surface area contributed by atoms with Gasteiger partial charge in [0.25, 0.3) is 0 Å². The average molecular weight is 210 g/mol. The smallest absolute Gasteiger partial charge is 0.0168 e. The Morgan fingerprint density at radius 2 is 2.21 bits per heavy atom. The molecule has 1 aliphatic carbocycles. The molecule has 0 saturated carbocycles. The van der Waals surface area contributed by atoms with Crippen molar-refractivity contribution in [3.63, 3.8) is 0 Å². The summed E-state index contributed by atoms with van der Waals surface area (Å²) in [6.45, 7) is 9.08. The van der Waals surface area contributed by atoms with Crippen LogP contribution in [0, 0.1) is 11.3 Å². The normalized spacial score (nSPS) is 28.9. The molecule has 80 valence electrons. The molecule has 0 N–H and O–H groups in total. The van der Waals surface area contributed by atoms with Crippen LogP contribution in [0.4, 0.5) is 0 Å². The van der Waals surface area contributed by atoms with Crippen molar-refractivity contribution in [2.45, 2.75) is 45.8 Å². The van der Waals surface area contributed by atoms with Gasteiger partial charge >= 0.3 is 0 Å². The van der Waals surface area contributed by atoms with E-state index in [1.54, 1.807) is 0 Å². The lowest BCUT2D eigenvalue weighted by Crippen LogP contribution is -2.26. The van der Waals surface area contributed by atoms with Crippen LogP contribution in [-0.4, -0.2) is 5.25 Å². The first kappa shape index (κ1) is 11.9. The predicted octanol–water partition coefficient (Wildman–Crippen LogP) is 4.24. The molecule has 0 aromatic heterocycles. The van der Waals surface area contributed by atoms with Gasteiger partial charge in [-0.25, -0.2) is 0 Å². The van der Waals surface area contributed by atoms with E-state index in [4.69, 9.17) is 0 Å². The van der Waals surface area contributed by atoms with Crippen LogP contribution in [0.15, 0.2) is 23.8 Å². The Morgan fingerprint density at radius 1 is 1.57 bits per heavy atom. The minimum absolute atomic E-state index is 0.362. The van der Waals surface area contributed by atoms with Crippen LogP contribution in [0.3, 0.4) is 0 Å². The van der Waals surface area contributed by atoms with E-state index < -0.39 is 0 Å². The lowest BCUT2D eigenvalue weighted by molar-refractivity contribution is 0.255. The molecule has 0 radical (unpaired) electrons. The van der Waals surface area contributed by atoms with E-state index in [0.29, 0.717) is 16.6 Å². The molecule has 14 heavy (non-hydrogen) atoms. The van der Waals surface area contributed by atoms with Gasteiger partial charge in [0, 0.05) is 11.2 Å². The first-order chi connectivity index (χ1) is 6.43. The fraction of sp³-hybridized carbons (Fsp3) is 0.692. The zero-order valence-corrected chi connectivity index (χ0v) is 10.6. The van der Waals surface area contributed by atoms with Crippen LogP contribution < -0.4 is 0 Å². The topological polar surface area (TPSA) is 0 Å². The summed E-state index contributed by atoms with van der Waals surface area (Å²) in [5, 5.41) is 0.362. The lowest BCUT2D eigenvalue weighted by Gasteiger charge is -2.36. The van der Waals surface area contributed by atoms with Crippen molar-refractivity contribution < 1.29 is 0 Å². The number of allylic oxidation sites excluding steroid dienone is 3. The van der Waals surface area contributed by atoms with Crippen molar-refractivity contribution in [2.75, 3.05) is 0 Å². The summed E-state index contributed by atoms with van der Waals surface area (Å²) < 4.78 is 0. The van der Waals surface area contributed by atoms with E-state index in [-0.39, 0.29) is 0 Å². The van der Waals surface area contributed by atoms with E-state index in [9.17, 15) is 0 Å². The van der Waals surface area contributed by atoms with E-state index in [2.05, 4.69) is 58.6 Å². The second kappa shape index (κ2) is 4.57. The maximum Gasteiger partial charge on any atom is 0.0168 e. The van der Waals surface area contributed by atoms with Gasteiger partial charge in [-0.05, 0) is 25.2 Å². The minimum atomic E-state index is 0.362. The van der Waals surface area contributed by atoms with Crippen LogP contribution in [0.2, 0.25) is 0 Å². The number of hydrogen-bond acceptors (Lipinski definition) is 1. The van der Waals surface area contributed by atoms with Gasteiger partial charge in [-0.15, -0.1) is 0 Å². The van der Waals surface area contributed by atoms with Gasteiger partial charge in [0.05, 0.1) is 0 Å². The second-order valence-corrected chi connectivity index (χ2v) is 5.89. The highest BCUT2D eigenvalue weighted by molar-refractivity contribution is 7.81. The molecule has 0 nitrogen and oxygen atoms in total. The van der Waals surface area contributed by atoms with E-state index >= 15 is 0 Å². The SMILES string of the molecule is CC1=CCCC(C)(C)C1C=CC(C)S. The van der Waals surface area contributed by atoms with Gasteiger partial charge < -0.3 is 0 Å². The van der Waals surface area contributed by atoms with Crippen molar-refractivity contribution in [3.05, 3.63) is 23.8 Å². The number of hydrogen-bond donors (Lipinski definition) is 1. The molecule has 0 bridgehead atoms. The third kappa shape index (κ3) is 2.91. The quantitative estimate of drug-likeness (QED) is 0.511. The predicted molar refractivity (Wildman–Crippen MR) is 67.9 cm³/mol. The fourth-order valence-corrected chi connectivity index (χ4v) is 2.35. The molecule has 0 saturated heterocycles. The van der Waals surface area contributed by atoms with E-state index in [0.717, 1.165) is 0 Å². The molecular weight excluding hydrogens is 188 g/mol. The van der Waals surface area contributed by atoms with Crippen molar-refractivity contribution in [2.24, 2.45) is 11.3 Å². The summed E-state index contributed by atoms with van der Waals surface area (Å²) in [5.74, 6) is 0.603. The molecule has 1 rings (SSSR count). The molecule has 2 unspecified atom stereocenters. The Hall–Kier alpha value is -0.170. The number of rotatable bonds is 2. The Balaban J connectivity index is 2.81. The average Bonchev–Trinajstić information content (AvgIpc) is 2.01. The summed E-state index contributed by atoms with van der Waals surface area (Å²) in [6.07, 6.45) is 9.45. The molecule has 1 heteroatoms. The molecule has 0 aromatic rings. The number of thiol groups is 1. The fourth-order valence-electron chi connectivity index (χ4n) is 2.25. The molecule has 2 atom stereocenters. The summed E-state index contributed by atoms with van der Waals surface area (Å²) in [5.41, 5.74) is 1.93. The van der Waals surface area contributed by atoms with Crippen LogP contribution in [-0.2, 0) is 0 Å². The molecule has 0 aliphatic heterocycles. The highest BCUT2D eigenvalue weighted by Crippen LogP contribution is 2.41.